The van der Waals surface area contributed by atoms with Gasteiger partial charge in [0.15, 0.2) is 0 Å². The molecule has 0 aliphatic carbocycles. The zero-order valence-corrected chi connectivity index (χ0v) is 45.3. The minimum absolute atomic E-state index is 0.0447. The number of nitrogens with zero attached hydrogens (tertiary/aromatic N) is 3. The molecule has 3 nitrogen and oxygen atoms in total. The summed E-state index contributed by atoms with van der Waals surface area (Å²) in [5, 5.41) is 0. The predicted octanol–water partition coefficient (Wildman–Crippen LogP) is 15.9. The molecule has 0 amide bonds. The van der Waals surface area contributed by atoms with Crippen LogP contribution in [0, 0.1) is 0 Å². The van der Waals surface area contributed by atoms with Gasteiger partial charge in [-0.25, -0.2) is 0 Å². The van der Waals surface area contributed by atoms with Gasteiger partial charge in [0.1, 0.15) is 0 Å². The Morgan fingerprint density at radius 2 is 0.431 bits per heavy atom. The SMILES string of the molecule is CC(C)(C)c1ccc(N2c3cc(C(C)(C)C)cc4[c]3[Ge]3([CH3])[c]5c2cc(C(C)(C)C)cc5N(c2ccc(C(C)(C)C)cc2)c2cc(C(C)(C)C)cc([c]23)N4c2ccc(C(C)(C)C)cc2)cc1. The second-order valence-corrected chi connectivity index (χ2v) is 33.8. The van der Waals surface area contributed by atoms with E-state index < -0.39 is 13.3 Å². The van der Waals surface area contributed by atoms with Crippen molar-refractivity contribution in [1.82, 2.24) is 0 Å². The van der Waals surface area contributed by atoms with Gasteiger partial charge in [-0.3, -0.25) is 0 Å². The number of benzene rings is 6. The van der Waals surface area contributed by atoms with Crippen LogP contribution in [-0.2, 0) is 32.5 Å². The van der Waals surface area contributed by atoms with Crippen molar-refractivity contribution in [3.8, 4) is 0 Å². The molecular formula is C61H75GeN3. The Balaban J connectivity index is 1.50. The van der Waals surface area contributed by atoms with Crippen molar-refractivity contribution in [2.24, 2.45) is 0 Å². The third-order valence-corrected chi connectivity index (χ3v) is 24.3. The molecule has 3 aliphatic rings. The number of hydrogen-bond donors (Lipinski definition) is 0. The van der Waals surface area contributed by atoms with Crippen LogP contribution >= 0.6 is 0 Å². The van der Waals surface area contributed by atoms with Gasteiger partial charge in [0, 0.05) is 0 Å². The van der Waals surface area contributed by atoms with Gasteiger partial charge in [0.25, 0.3) is 0 Å². The normalized spacial score (nSPS) is 15.6. The van der Waals surface area contributed by atoms with E-state index in [0.29, 0.717) is 0 Å². The van der Waals surface area contributed by atoms with Crippen LogP contribution < -0.4 is 27.9 Å². The van der Waals surface area contributed by atoms with E-state index in [9.17, 15) is 0 Å². The second kappa shape index (κ2) is 14.4. The summed E-state index contributed by atoms with van der Waals surface area (Å²) in [5.41, 5.74) is 19.7. The van der Waals surface area contributed by atoms with Gasteiger partial charge >= 0.3 is 398 Å². The summed E-state index contributed by atoms with van der Waals surface area (Å²) in [6.07, 6.45) is 0. The van der Waals surface area contributed by atoms with Gasteiger partial charge in [0.2, 0.25) is 0 Å². The van der Waals surface area contributed by atoms with Crippen LogP contribution in [0.5, 0.6) is 0 Å². The fourth-order valence-electron chi connectivity index (χ4n) is 10.7. The van der Waals surface area contributed by atoms with Crippen LogP contribution in [0.25, 0.3) is 0 Å². The van der Waals surface area contributed by atoms with Crippen LogP contribution in [0.1, 0.15) is 158 Å². The van der Waals surface area contributed by atoms with Gasteiger partial charge in [-0.15, -0.1) is 0 Å². The summed E-state index contributed by atoms with van der Waals surface area (Å²) in [7, 11) is 0. The first-order valence-corrected chi connectivity index (χ1v) is 29.4. The van der Waals surface area contributed by atoms with E-state index >= 15 is 0 Å². The fraction of sp³-hybridized carbons (Fsp3) is 0.410. The van der Waals surface area contributed by atoms with Crippen LogP contribution in [0.2, 0.25) is 5.76 Å². The zero-order chi connectivity index (χ0) is 47.4. The molecule has 338 valence electrons. The average molecular weight is 923 g/mol. The first-order chi connectivity index (χ1) is 29.9. The third-order valence-electron chi connectivity index (χ3n) is 14.8. The maximum atomic E-state index is 2.75. The van der Waals surface area contributed by atoms with E-state index in [1.807, 2.05) is 0 Å². The maximum absolute atomic E-state index is 3.64. The number of rotatable bonds is 3. The summed E-state index contributed by atoms with van der Waals surface area (Å²) in [6.45, 7) is 42.4. The van der Waals surface area contributed by atoms with E-state index in [4.69, 9.17) is 0 Å². The van der Waals surface area contributed by atoms with Gasteiger partial charge in [-0.05, 0) is 0 Å². The Morgan fingerprint density at radius 1 is 0.262 bits per heavy atom. The minimum atomic E-state index is -3.64. The molecule has 0 atom stereocenters. The molecule has 0 saturated heterocycles. The van der Waals surface area contributed by atoms with Crippen molar-refractivity contribution in [3.63, 3.8) is 0 Å². The summed E-state index contributed by atoms with van der Waals surface area (Å²) in [4.78, 5) is 8.05. The molecule has 0 radical (unpaired) electrons. The van der Waals surface area contributed by atoms with Gasteiger partial charge in [0.05, 0.1) is 0 Å². The van der Waals surface area contributed by atoms with E-state index in [2.05, 4.69) is 254 Å². The molecule has 6 aromatic carbocycles. The molecule has 0 unspecified atom stereocenters. The third kappa shape index (κ3) is 7.29. The molecule has 3 aliphatic heterocycles. The molecule has 0 bridgehead atoms. The van der Waals surface area contributed by atoms with Crippen LogP contribution in [0.4, 0.5) is 51.2 Å². The fourth-order valence-corrected chi connectivity index (χ4v) is 21.0. The molecular weight excluding hydrogens is 847 g/mol. The molecule has 65 heavy (non-hydrogen) atoms. The number of anilines is 9. The van der Waals surface area contributed by atoms with Gasteiger partial charge in [-0.2, -0.15) is 0 Å². The molecule has 4 heteroatoms. The van der Waals surface area contributed by atoms with Crippen molar-refractivity contribution < 1.29 is 0 Å². The molecule has 0 spiro atoms. The first-order valence-electron chi connectivity index (χ1n) is 24.2. The standard InChI is InChI=1S/C61H75GeN3/c1-56(2,3)38-20-26-44(27-21-38)63-47-32-41(59(10,11)12)34-49-53(47)62(19)54-48(63)33-42(60(13,14)15)35-50(54)65(46-30-24-40(25-31-46)58(7,8)9)52-37-43(61(16,17)18)36-51(55(52)62)64(49)45-28-22-39(23-29-45)57(4,5)6/h20-37H,1-19H3. The van der Waals surface area contributed by atoms with Crippen molar-refractivity contribution in [1.29, 1.82) is 0 Å². The van der Waals surface area contributed by atoms with Gasteiger partial charge in [-0.1, -0.05) is 0 Å². The molecule has 0 aromatic heterocycles. The molecule has 3 heterocycles. The topological polar surface area (TPSA) is 9.72 Å². The van der Waals surface area contributed by atoms with E-state index in [1.54, 1.807) is 13.2 Å². The second-order valence-electron chi connectivity index (χ2n) is 25.9. The first kappa shape index (κ1) is 45.4. The summed E-state index contributed by atoms with van der Waals surface area (Å²) in [6, 6.07) is 44.2. The van der Waals surface area contributed by atoms with E-state index in [0.717, 1.165) is 0 Å². The molecule has 0 fully saturated rings. The van der Waals surface area contributed by atoms with Gasteiger partial charge < -0.3 is 0 Å². The monoisotopic (exact) mass is 924 g/mol. The van der Waals surface area contributed by atoms with Crippen LogP contribution in [0.15, 0.2) is 109 Å². The molecule has 0 N–H and O–H groups in total. The van der Waals surface area contributed by atoms with Crippen molar-refractivity contribution >= 4 is 77.6 Å². The van der Waals surface area contributed by atoms with Crippen molar-refractivity contribution in [3.05, 3.63) is 143 Å². The predicted molar refractivity (Wildman–Crippen MR) is 287 cm³/mol. The quantitative estimate of drug-likeness (QED) is 0.164. The average Bonchev–Trinajstić information content (AvgIpc) is 3.19. The van der Waals surface area contributed by atoms with Crippen molar-refractivity contribution in [2.45, 2.75) is 163 Å². The summed E-state index contributed by atoms with van der Waals surface area (Å²) >= 11 is -3.64. The molecule has 0 saturated carbocycles. The summed E-state index contributed by atoms with van der Waals surface area (Å²) in [5.74, 6) is 2.75. The number of hydrogen-bond acceptors (Lipinski definition) is 3. The molecule has 9 rings (SSSR count). The Bertz CT molecular complexity index is 2470. The summed E-state index contributed by atoms with van der Waals surface area (Å²) < 4.78 is 4.65. The Labute approximate surface area is 395 Å². The Morgan fingerprint density at radius 3 is 0.585 bits per heavy atom. The van der Waals surface area contributed by atoms with E-state index in [1.165, 1.54) is 84.6 Å². The van der Waals surface area contributed by atoms with Crippen LogP contribution in [0.3, 0.4) is 0 Å². The van der Waals surface area contributed by atoms with Crippen molar-refractivity contribution in [2.75, 3.05) is 14.7 Å². The Kier molecular flexibility index (Phi) is 10.1. The van der Waals surface area contributed by atoms with Crippen LogP contribution in [-0.4, -0.2) is 13.3 Å². The molecule has 6 aromatic rings. The van der Waals surface area contributed by atoms with E-state index in [-0.39, 0.29) is 32.5 Å². The Hall–Kier alpha value is -4.74. The zero-order valence-electron chi connectivity index (χ0n) is 43.2.